The number of rotatable bonds is 4. The van der Waals surface area contributed by atoms with Gasteiger partial charge < -0.3 is 4.74 Å². The normalized spacial score (nSPS) is 11.4. The van der Waals surface area contributed by atoms with Crippen LogP contribution in [0, 0.1) is 6.92 Å². The molecule has 0 N–H and O–H groups in total. The fraction of sp³-hybridized carbons (Fsp3) is 0.200. The van der Waals surface area contributed by atoms with Crippen molar-refractivity contribution in [3.8, 4) is 5.75 Å². The highest BCUT2D eigenvalue weighted by Crippen LogP contribution is 2.37. The number of aryl methyl sites for hydroxylation is 1. The summed E-state index contributed by atoms with van der Waals surface area (Å²) in [5, 5.41) is 1.38. The Bertz CT molecular complexity index is 867. The molecule has 0 spiro atoms. The van der Waals surface area contributed by atoms with E-state index in [0.29, 0.717) is 21.7 Å². The van der Waals surface area contributed by atoms with Gasteiger partial charge in [0.15, 0.2) is 11.6 Å². The number of hydrogen-bond donors (Lipinski definition) is 0. The second kappa shape index (κ2) is 6.29. The summed E-state index contributed by atoms with van der Waals surface area (Å²) in [6.45, 7) is -1.03. The van der Waals surface area contributed by atoms with E-state index in [9.17, 15) is 8.78 Å². The maximum Gasteiger partial charge on any atom is 0.320 e. The summed E-state index contributed by atoms with van der Waals surface area (Å²) in [6.07, 6.45) is 2.47. The predicted octanol–water partition coefficient (Wildman–Crippen LogP) is 5.02. The van der Waals surface area contributed by atoms with E-state index in [1.54, 1.807) is 0 Å². The summed E-state index contributed by atoms with van der Waals surface area (Å²) < 4.78 is 32.0. The van der Waals surface area contributed by atoms with Gasteiger partial charge in [-0.2, -0.15) is 8.78 Å². The van der Waals surface area contributed by atoms with Gasteiger partial charge in [-0.3, -0.25) is 4.57 Å². The Morgan fingerprint density at radius 3 is 2.78 bits per heavy atom. The van der Waals surface area contributed by atoms with Gasteiger partial charge in [0.05, 0.1) is 10.0 Å². The van der Waals surface area contributed by atoms with Crippen LogP contribution in [0.15, 0.2) is 30.6 Å². The van der Waals surface area contributed by atoms with Crippen molar-refractivity contribution < 1.29 is 13.5 Å². The first-order chi connectivity index (χ1) is 11.0. The average Bonchev–Trinajstić information content (AvgIpc) is 2.95. The number of hydrogen-bond acceptors (Lipinski definition) is 3. The lowest BCUT2D eigenvalue weighted by Crippen LogP contribution is -2.08. The minimum Gasteiger partial charge on any atom is -0.482 e. The molecular weight excluding hydrogens is 347 g/mol. The second-order valence-corrected chi connectivity index (χ2v) is 5.65. The zero-order valence-electron chi connectivity index (χ0n) is 11.9. The molecule has 23 heavy (non-hydrogen) atoms. The first-order valence-electron chi connectivity index (χ1n) is 6.65. The van der Waals surface area contributed by atoms with Crippen molar-refractivity contribution in [3.05, 3.63) is 52.2 Å². The van der Waals surface area contributed by atoms with Gasteiger partial charge >= 0.3 is 6.55 Å². The molecule has 0 aliphatic heterocycles. The number of alkyl halides is 2. The van der Waals surface area contributed by atoms with E-state index in [1.165, 1.54) is 18.5 Å². The van der Waals surface area contributed by atoms with Crippen molar-refractivity contribution in [1.29, 1.82) is 0 Å². The van der Waals surface area contributed by atoms with Crippen LogP contribution in [-0.2, 0) is 6.61 Å². The van der Waals surface area contributed by atoms with Gasteiger partial charge in [0, 0.05) is 23.5 Å². The van der Waals surface area contributed by atoms with Crippen molar-refractivity contribution in [1.82, 2.24) is 14.5 Å². The van der Waals surface area contributed by atoms with Crippen molar-refractivity contribution in [2.45, 2.75) is 20.1 Å². The van der Waals surface area contributed by atoms with Gasteiger partial charge in [-0.1, -0.05) is 23.2 Å². The molecule has 0 bridgehead atoms. The third-order valence-corrected chi connectivity index (χ3v) is 3.88. The molecule has 0 radical (unpaired) electrons. The molecule has 8 heteroatoms. The monoisotopic (exact) mass is 357 g/mol. The molecule has 2 aromatic heterocycles. The van der Waals surface area contributed by atoms with Gasteiger partial charge in [-0.25, -0.2) is 9.97 Å². The van der Waals surface area contributed by atoms with Crippen LogP contribution in [0.3, 0.4) is 0 Å². The van der Waals surface area contributed by atoms with Crippen molar-refractivity contribution in [2.24, 2.45) is 0 Å². The van der Waals surface area contributed by atoms with E-state index < -0.39 is 6.55 Å². The topological polar surface area (TPSA) is 39.9 Å². The standard InChI is InChI=1S/C15H11Cl2F2N3O/c1-8-2-3-9-10(16)6-11(17)14(13(9)21-8)23-7-12-20-4-5-22(12)15(18)19/h2-6,15H,7H2,1H3. The Labute approximate surface area is 140 Å². The summed E-state index contributed by atoms with van der Waals surface area (Å²) >= 11 is 12.3. The largest absolute Gasteiger partial charge is 0.482 e. The van der Waals surface area contributed by atoms with Gasteiger partial charge in [0.1, 0.15) is 12.1 Å². The Hall–Kier alpha value is -1.92. The molecule has 3 rings (SSSR count). The molecule has 0 unspecified atom stereocenters. The number of fused-ring (bicyclic) bond motifs is 1. The molecule has 0 amide bonds. The van der Waals surface area contributed by atoms with E-state index in [-0.39, 0.29) is 17.5 Å². The lowest BCUT2D eigenvalue weighted by Gasteiger charge is -2.13. The molecule has 2 heterocycles. The highest BCUT2D eigenvalue weighted by Gasteiger charge is 2.16. The van der Waals surface area contributed by atoms with E-state index >= 15 is 0 Å². The minimum absolute atomic E-state index is 0.0896. The molecule has 0 fully saturated rings. The minimum atomic E-state index is -2.69. The highest BCUT2D eigenvalue weighted by atomic mass is 35.5. The van der Waals surface area contributed by atoms with Crippen molar-refractivity contribution in [3.63, 3.8) is 0 Å². The first kappa shape index (κ1) is 16.0. The number of imidazole rings is 1. The highest BCUT2D eigenvalue weighted by molar-refractivity contribution is 6.39. The number of pyridine rings is 1. The molecule has 1 aromatic carbocycles. The molecule has 4 nitrogen and oxygen atoms in total. The number of ether oxygens (including phenoxy) is 1. The quantitative estimate of drug-likeness (QED) is 0.657. The Morgan fingerprint density at radius 1 is 1.26 bits per heavy atom. The number of benzene rings is 1. The van der Waals surface area contributed by atoms with E-state index in [2.05, 4.69) is 9.97 Å². The molecule has 0 saturated heterocycles. The van der Waals surface area contributed by atoms with E-state index in [0.717, 1.165) is 10.3 Å². The Kier molecular flexibility index (Phi) is 4.37. The lowest BCUT2D eigenvalue weighted by molar-refractivity contribution is 0.0633. The second-order valence-electron chi connectivity index (χ2n) is 4.84. The van der Waals surface area contributed by atoms with Gasteiger partial charge in [0.25, 0.3) is 0 Å². The fourth-order valence-electron chi connectivity index (χ4n) is 2.20. The zero-order valence-corrected chi connectivity index (χ0v) is 13.4. The summed E-state index contributed by atoms with van der Waals surface area (Å²) in [5.74, 6) is 0.380. The zero-order chi connectivity index (χ0) is 16.6. The molecule has 0 aliphatic carbocycles. The average molecular weight is 358 g/mol. The first-order valence-corrected chi connectivity index (χ1v) is 7.41. The number of aromatic nitrogens is 3. The van der Waals surface area contributed by atoms with Crippen LogP contribution in [0.1, 0.15) is 18.1 Å². The predicted molar refractivity (Wildman–Crippen MR) is 84.3 cm³/mol. The molecule has 3 aromatic rings. The van der Waals surface area contributed by atoms with Crippen LogP contribution in [0.2, 0.25) is 10.0 Å². The number of nitrogens with zero attached hydrogens (tertiary/aromatic N) is 3. The maximum atomic E-state index is 12.8. The fourth-order valence-corrected chi connectivity index (χ4v) is 2.77. The molecule has 120 valence electrons. The van der Waals surface area contributed by atoms with Crippen LogP contribution in [0.25, 0.3) is 10.9 Å². The third-order valence-electron chi connectivity index (χ3n) is 3.28. The maximum absolute atomic E-state index is 12.8. The summed E-state index contributed by atoms with van der Waals surface area (Å²) in [4.78, 5) is 8.25. The Balaban J connectivity index is 1.99. The van der Waals surface area contributed by atoms with Crippen molar-refractivity contribution >= 4 is 34.1 Å². The van der Waals surface area contributed by atoms with Gasteiger partial charge in [-0.15, -0.1) is 0 Å². The molecule has 0 saturated carbocycles. The summed E-state index contributed by atoms with van der Waals surface area (Å²) in [7, 11) is 0. The lowest BCUT2D eigenvalue weighted by atomic mass is 10.2. The molecule has 0 aliphatic rings. The molecule has 0 atom stereocenters. The molecular formula is C15H11Cl2F2N3O. The summed E-state index contributed by atoms with van der Waals surface area (Å²) in [5.41, 5.74) is 1.24. The van der Waals surface area contributed by atoms with Gasteiger partial charge in [-0.05, 0) is 25.1 Å². The van der Waals surface area contributed by atoms with Crippen LogP contribution < -0.4 is 4.74 Å². The SMILES string of the molecule is Cc1ccc2c(Cl)cc(Cl)c(OCc3nccn3C(F)F)c2n1. The smallest absolute Gasteiger partial charge is 0.320 e. The van der Waals surface area contributed by atoms with E-state index in [1.807, 2.05) is 19.1 Å². The van der Waals surface area contributed by atoms with E-state index in [4.69, 9.17) is 27.9 Å². The summed E-state index contributed by atoms with van der Waals surface area (Å²) in [6, 6.07) is 5.16. The third kappa shape index (κ3) is 3.09. The van der Waals surface area contributed by atoms with Crippen molar-refractivity contribution in [2.75, 3.05) is 0 Å². The van der Waals surface area contributed by atoms with Crippen LogP contribution >= 0.6 is 23.2 Å². The van der Waals surface area contributed by atoms with Crippen LogP contribution in [-0.4, -0.2) is 14.5 Å². The van der Waals surface area contributed by atoms with Crippen LogP contribution in [0.5, 0.6) is 5.75 Å². The van der Waals surface area contributed by atoms with Crippen LogP contribution in [0.4, 0.5) is 8.78 Å². The number of halogens is 4. The Morgan fingerprint density at radius 2 is 2.04 bits per heavy atom. The van der Waals surface area contributed by atoms with Gasteiger partial charge in [0.2, 0.25) is 0 Å².